The van der Waals surface area contributed by atoms with E-state index < -0.39 is 0 Å². The molecule has 0 N–H and O–H groups in total. The highest BCUT2D eigenvalue weighted by atomic mass is 16.5. The molecule has 2 aromatic rings. The number of ether oxygens (including phenoxy) is 1. The van der Waals surface area contributed by atoms with E-state index in [4.69, 9.17) is 4.74 Å². The molecule has 0 radical (unpaired) electrons. The molecule has 6 atom stereocenters. The lowest BCUT2D eigenvalue weighted by Gasteiger charge is -2.28. The van der Waals surface area contributed by atoms with E-state index in [1.807, 2.05) is 42.5 Å². The highest BCUT2D eigenvalue weighted by Crippen LogP contribution is 2.38. The van der Waals surface area contributed by atoms with Gasteiger partial charge in [-0.1, -0.05) is 50.2 Å². The maximum absolute atomic E-state index is 13.7. The average molecular weight is 487 g/mol. The topological polar surface area (TPSA) is 68.1 Å². The number of hydrogen-bond acceptors (Lipinski definition) is 5. The van der Waals surface area contributed by atoms with E-state index in [1.165, 1.54) is 0 Å². The molecule has 0 spiro atoms. The van der Waals surface area contributed by atoms with Crippen LogP contribution in [0.3, 0.4) is 0 Å². The molecule has 0 amide bonds. The molecular formula is C31H38N2O3. The minimum atomic E-state index is 0.0408. The average Bonchev–Trinajstić information content (AvgIpc) is 3.16. The van der Waals surface area contributed by atoms with Crippen LogP contribution in [0.4, 0.5) is 0 Å². The Bertz CT molecular complexity index is 1140. The van der Waals surface area contributed by atoms with Crippen molar-refractivity contribution in [3.8, 4) is 5.75 Å². The third-order valence-electron chi connectivity index (χ3n) is 8.04. The van der Waals surface area contributed by atoms with Gasteiger partial charge in [-0.3, -0.25) is 19.6 Å². The standard InChI is InChI=1S/C31H38N2O3/c1-20-12-13-26(36-25-9-7-8-24(17-25)23(4)34)16-21(2)29(20)18-31(35)28-11-6-5-10-27(28)30-19-32-14-15-33-22(30)3/h5-11,14-15,17,20-22,26,29-30H,12-13,16,18-19H2,1-4H3. The van der Waals surface area contributed by atoms with Crippen LogP contribution in [-0.2, 0) is 0 Å². The molecule has 5 heteroatoms. The fourth-order valence-corrected chi connectivity index (χ4v) is 5.83. The second kappa shape index (κ2) is 11.8. The van der Waals surface area contributed by atoms with Crippen LogP contribution in [0.15, 0.2) is 58.5 Å². The summed E-state index contributed by atoms with van der Waals surface area (Å²) in [5.74, 6) is 2.19. The summed E-state index contributed by atoms with van der Waals surface area (Å²) in [6, 6.07) is 15.6. The first-order valence-electron chi connectivity index (χ1n) is 13.2. The van der Waals surface area contributed by atoms with Crippen LogP contribution in [0.25, 0.3) is 0 Å². The lowest BCUT2D eigenvalue weighted by molar-refractivity contribution is 0.0910. The van der Waals surface area contributed by atoms with Crippen LogP contribution in [0.1, 0.15) is 85.6 Å². The van der Waals surface area contributed by atoms with Crippen LogP contribution in [0, 0.1) is 17.8 Å². The van der Waals surface area contributed by atoms with Gasteiger partial charge in [-0.25, -0.2) is 0 Å². The minimum Gasteiger partial charge on any atom is -0.490 e. The fourth-order valence-electron chi connectivity index (χ4n) is 5.83. The molecule has 1 heterocycles. The maximum atomic E-state index is 13.7. The first-order valence-corrected chi connectivity index (χ1v) is 13.2. The van der Waals surface area contributed by atoms with Gasteiger partial charge >= 0.3 is 0 Å². The molecular weight excluding hydrogens is 448 g/mol. The minimum absolute atomic E-state index is 0.0408. The largest absolute Gasteiger partial charge is 0.490 e. The molecule has 1 saturated carbocycles. The molecule has 4 rings (SSSR count). The Morgan fingerprint density at radius 1 is 0.972 bits per heavy atom. The number of nitrogens with zero attached hydrogens (tertiary/aromatic N) is 2. The number of hydrogen-bond donors (Lipinski definition) is 0. The number of carbonyl (C=O) groups is 2. The molecule has 190 valence electrons. The summed E-state index contributed by atoms with van der Waals surface area (Å²) >= 11 is 0. The molecule has 1 fully saturated rings. The third kappa shape index (κ3) is 6.18. The van der Waals surface area contributed by atoms with E-state index in [1.54, 1.807) is 19.4 Å². The van der Waals surface area contributed by atoms with Gasteiger partial charge in [0.1, 0.15) is 5.75 Å². The van der Waals surface area contributed by atoms with Crippen molar-refractivity contribution in [2.45, 2.75) is 71.4 Å². The lowest BCUT2D eigenvalue weighted by atomic mass is 9.77. The van der Waals surface area contributed by atoms with Crippen molar-refractivity contribution in [3.05, 3.63) is 65.2 Å². The Morgan fingerprint density at radius 3 is 2.58 bits per heavy atom. The third-order valence-corrected chi connectivity index (χ3v) is 8.04. The van der Waals surface area contributed by atoms with E-state index in [9.17, 15) is 9.59 Å². The highest BCUT2D eigenvalue weighted by Gasteiger charge is 2.34. The van der Waals surface area contributed by atoms with Gasteiger partial charge in [-0.2, -0.15) is 0 Å². The number of benzene rings is 2. The lowest BCUT2D eigenvalue weighted by Crippen LogP contribution is -2.25. The quantitative estimate of drug-likeness (QED) is 0.327. The molecule has 0 aromatic heterocycles. The first kappa shape index (κ1) is 26.0. The van der Waals surface area contributed by atoms with Crippen molar-refractivity contribution in [2.24, 2.45) is 27.7 Å². The Kier molecular flexibility index (Phi) is 8.50. The molecule has 1 aliphatic heterocycles. The Labute approximate surface area is 215 Å². The van der Waals surface area contributed by atoms with E-state index in [0.717, 1.165) is 36.1 Å². The van der Waals surface area contributed by atoms with Crippen LogP contribution in [0.5, 0.6) is 5.75 Å². The molecule has 1 aliphatic carbocycles. The van der Waals surface area contributed by atoms with Crippen molar-refractivity contribution in [2.75, 3.05) is 6.54 Å². The second-order valence-corrected chi connectivity index (χ2v) is 10.6. The molecule has 36 heavy (non-hydrogen) atoms. The van der Waals surface area contributed by atoms with Crippen molar-refractivity contribution in [3.63, 3.8) is 0 Å². The van der Waals surface area contributed by atoms with Crippen LogP contribution in [-0.4, -0.2) is 42.7 Å². The summed E-state index contributed by atoms with van der Waals surface area (Å²) < 4.78 is 6.34. The van der Waals surface area contributed by atoms with Crippen molar-refractivity contribution in [1.82, 2.24) is 0 Å². The summed E-state index contributed by atoms with van der Waals surface area (Å²) in [5, 5.41) is 0. The van der Waals surface area contributed by atoms with Crippen molar-refractivity contribution < 1.29 is 14.3 Å². The van der Waals surface area contributed by atoms with Crippen LogP contribution in [0.2, 0.25) is 0 Å². The molecule has 6 unspecified atom stereocenters. The smallest absolute Gasteiger partial charge is 0.163 e. The second-order valence-electron chi connectivity index (χ2n) is 10.6. The zero-order valence-corrected chi connectivity index (χ0v) is 21.9. The summed E-state index contributed by atoms with van der Waals surface area (Å²) in [6.45, 7) is 8.84. The van der Waals surface area contributed by atoms with Gasteiger partial charge in [0.05, 0.1) is 12.1 Å². The molecule has 0 saturated heterocycles. The van der Waals surface area contributed by atoms with E-state index >= 15 is 0 Å². The Balaban J connectivity index is 1.47. The number of rotatable bonds is 7. The van der Waals surface area contributed by atoms with Crippen molar-refractivity contribution >= 4 is 24.0 Å². The summed E-state index contributed by atoms with van der Waals surface area (Å²) in [4.78, 5) is 34.5. The zero-order valence-electron chi connectivity index (χ0n) is 21.9. The van der Waals surface area contributed by atoms with E-state index in [0.29, 0.717) is 36.3 Å². The predicted octanol–water partition coefficient (Wildman–Crippen LogP) is 6.61. The van der Waals surface area contributed by atoms with Crippen LogP contribution < -0.4 is 4.74 Å². The van der Waals surface area contributed by atoms with E-state index in [2.05, 4.69) is 36.8 Å². The molecule has 5 nitrogen and oxygen atoms in total. The zero-order chi connectivity index (χ0) is 25.7. The normalized spacial score (nSPS) is 28.2. The number of ketones is 2. The van der Waals surface area contributed by atoms with Gasteiger partial charge in [0, 0.05) is 42.4 Å². The van der Waals surface area contributed by atoms with Gasteiger partial charge in [-0.15, -0.1) is 0 Å². The Hall–Kier alpha value is -3.08. The van der Waals surface area contributed by atoms with Gasteiger partial charge < -0.3 is 4.74 Å². The van der Waals surface area contributed by atoms with Crippen molar-refractivity contribution in [1.29, 1.82) is 0 Å². The predicted molar refractivity (Wildman–Crippen MR) is 146 cm³/mol. The van der Waals surface area contributed by atoms with Gasteiger partial charge in [0.2, 0.25) is 0 Å². The SMILES string of the molecule is CC(=O)c1cccc(OC2CCC(C)C(CC(=O)c3ccccc3C3CN=CC=NC3C)C(C)C2)c1. The molecule has 2 aromatic carbocycles. The molecule has 0 bridgehead atoms. The van der Waals surface area contributed by atoms with Gasteiger partial charge in [0.25, 0.3) is 0 Å². The molecule has 2 aliphatic rings. The van der Waals surface area contributed by atoms with Gasteiger partial charge in [-0.05, 0) is 68.6 Å². The van der Waals surface area contributed by atoms with Gasteiger partial charge in [0.15, 0.2) is 11.6 Å². The Morgan fingerprint density at radius 2 is 1.78 bits per heavy atom. The number of carbonyl (C=O) groups excluding carboxylic acids is 2. The summed E-state index contributed by atoms with van der Waals surface area (Å²) in [6.07, 6.45) is 7.01. The monoisotopic (exact) mass is 486 g/mol. The number of aliphatic imine (C=N–C) groups is 2. The van der Waals surface area contributed by atoms with E-state index in [-0.39, 0.29) is 29.6 Å². The highest BCUT2D eigenvalue weighted by molar-refractivity contribution is 6.16. The number of Topliss-reactive ketones (excluding diaryl/α,β-unsaturated/α-hetero) is 2. The summed E-state index contributed by atoms with van der Waals surface area (Å²) in [7, 11) is 0. The first-order chi connectivity index (χ1) is 17.3. The van der Waals surface area contributed by atoms with Crippen LogP contribution >= 0.6 is 0 Å². The summed E-state index contributed by atoms with van der Waals surface area (Å²) in [5.41, 5.74) is 2.55. The fraction of sp³-hybridized carbons (Fsp3) is 0.484. The maximum Gasteiger partial charge on any atom is 0.163 e.